The van der Waals surface area contributed by atoms with Crippen molar-refractivity contribution in [3.05, 3.63) is 0 Å². The maximum atomic E-state index is 12.1. The van der Waals surface area contributed by atoms with Crippen LogP contribution >= 0.6 is 0 Å². The lowest BCUT2D eigenvalue weighted by molar-refractivity contribution is -0.151. The lowest BCUT2D eigenvalue weighted by Gasteiger charge is -2.36. The van der Waals surface area contributed by atoms with Gasteiger partial charge in [-0.15, -0.1) is 0 Å². The molecular weight excluding hydrogens is 341 g/mol. The first kappa shape index (κ1) is 26.4. The number of carboxylic acid groups (broad SMARTS) is 1. The molecule has 3 nitrogen and oxygen atoms in total. The van der Waals surface area contributed by atoms with Crippen LogP contribution in [0, 0.1) is 0 Å². The highest BCUT2D eigenvalue weighted by Gasteiger charge is 2.39. The van der Waals surface area contributed by atoms with Crippen molar-refractivity contribution >= 4 is 5.97 Å². The van der Waals surface area contributed by atoms with E-state index in [-0.39, 0.29) is 6.67 Å². The van der Waals surface area contributed by atoms with E-state index in [0.29, 0.717) is 6.42 Å². The second-order valence-electron chi connectivity index (χ2n) is 8.37. The van der Waals surface area contributed by atoms with E-state index in [4.69, 9.17) is 0 Å². The van der Waals surface area contributed by atoms with Crippen LogP contribution in [0.15, 0.2) is 0 Å². The van der Waals surface area contributed by atoms with Gasteiger partial charge < -0.3 is 5.11 Å². The monoisotopic (exact) mass is 387 g/mol. The average Bonchev–Trinajstić information content (AvgIpc) is 2.63. The Kier molecular flexibility index (Phi) is 17.0. The Morgan fingerprint density at radius 2 is 1.11 bits per heavy atom. The van der Waals surface area contributed by atoms with Crippen molar-refractivity contribution in [2.45, 2.75) is 122 Å². The molecule has 1 N–H and O–H groups in total. The lowest BCUT2D eigenvalue weighted by Crippen LogP contribution is -2.51. The summed E-state index contributed by atoms with van der Waals surface area (Å²) in [6.07, 6.45) is 18.5. The van der Waals surface area contributed by atoms with E-state index in [2.05, 4.69) is 6.92 Å². The predicted octanol–water partition coefficient (Wildman–Crippen LogP) is 6.99. The normalized spacial score (nSPS) is 13.8. The standard InChI is InChI=1S/C23H46FNO2/c1-4-5-6-7-8-9-10-13-16-19-23(22(26)27,25(2)3)20-17-14-11-12-15-18-21-24/h4-21H2,1-3H3,(H,26,27). The van der Waals surface area contributed by atoms with Crippen molar-refractivity contribution in [1.29, 1.82) is 0 Å². The van der Waals surface area contributed by atoms with Crippen molar-refractivity contribution < 1.29 is 14.3 Å². The molecule has 0 saturated heterocycles. The van der Waals surface area contributed by atoms with Gasteiger partial charge in [-0.25, -0.2) is 0 Å². The molecule has 1 atom stereocenters. The summed E-state index contributed by atoms with van der Waals surface area (Å²) in [5.74, 6) is -0.676. The number of nitrogens with zero attached hydrogens (tertiary/aromatic N) is 1. The van der Waals surface area contributed by atoms with Gasteiger partial charge in [0, 0.05) is 0 Å². The molecule has 1 unspecified atom stereocenters. The Hall–Kier alpha value is -0.640. The van der Waals surface area contributed by atoms with Crippen molar-refractivity contribution in [2.75, 3.05) is 20.8 Å². The van der Waals surface area contributed by atoms with Gasteiger partial charge in [0.25, 0.3) is 0 Å². The second-order valence-corrected chi connectivity index (χ2v) is 8.37. The Labute approximate surface area is 168 Å². The van der Waals surface area contributed by atoms with Crippen molar-refractivity contribution in [3.63, 3.8) is 0 Å². The molecule has 0 fully saturated rings. The number of hydrogen-bond acceptors (Lipinski definition) is 2. The molecule has 0 aliphatic rings. The number of rotatable bonds is 20. The Bertz CT molecular complexity index is 349. The van der Waals surface area contributed by atoms with Gasteiger partial charge in [0.15, 0.2) is 0 Å². The molecule has 0 bridgehead atoms. The summed E-state index contributed by atoms with van der Waals surface area (Å²) in [6, 6.07) is 0. The van der Waals surface area contributed by atoms with E-state index in [9.17, 15) is 14.3 Å². The highest BCUT2D eigenvalue weighted by Crippen LogP contribution is 2.28. The molecule has 162 valence electrons. The Morgan fingerprint density at radius 1 is 0.741 bits per heavy atom. The molecule has 0 saturated carbocycles. The maximum absolute atomic E-state index is 12.1. The van der Waals surface area contributed by atoms with E-state index in [1.54, 1.807) is 0 Å². The molecule has 4 heteroatoms. The van der Waals surface area contributed by atoms with Gasteiger partial charge in [0.05, 0.1) is 6.67 Å². The van der Waals surface area contributed by atoms with Crippen LogP contribution < -0.4 is 0 Å². The van der Waals surface area contributed by atoms with Crippen LogP contribution in [0.5, 0.6) is 0 Å². The molecule has 0 aliphatic carbocycles. The molecule has 0 amide bonds. The summed E-state index contributed by atoms with van der Waals surface area (Å²) < 4.78 is 12.1. The van der Waals surface area contributed by atoms with Crippen LogP contribution in [0.25, 0.3) is 0 Å². The summed E-state index contributed by atoms with van der Waals surface area (Å²) in [5.41, 5.74) is -0.722. The quantitative estimate of drug-likeness (QED) is 0.229. The maximum Gasteiger partial charge on any atom is 0.324 e. The third-order valence-electron chi connectivity index (χ3n) is 5.92. The fourth-order valence-electron chi connectivity index (χ4n) is 3.92. The third-order valence-corrected chi connectivity index (χ3v) is 5.92. The Morgan fingerprint density at radius 3 is 1.44 bits per heavy atom. The zero-order valence-corrected chi connectivity index (χ0v) is 18.4. The SMILES string of the molecule is CCCCCCCCCCCC(CCCCCCCCF)(C(=O)O)N(C)C. The molecular formula is C23H46FNO2. The van der Waals surface area contributed by atoms with E-state index >= 15 is 0 Å². The highest BCUT2D eigenvalue weighted by molar-refractivity contribution is 5.78. The van der Waals surface area contributed by atoms with Crippen molar-refractivity contribution in [3.8, 4) is 0 Å². The molecule has 0 aromatic heterocycles. The first-order valence-electron chi connectivity index (χ1n) is 11.5. The smallest absolute Gasteiger partial charge is 0.324 e. The molecule has 0 heterocycles. The number of likely N-dealkylation sites (N-methyl/N-ethyl adjacent to an activating group) is 1. The molecule has 0 radical (unpaired) electrons. The molecule has 0 aromatic rings. The van der Waals surface area contributed by atoms with Crippen LogP contribution in [0.1, 0.15) is 116 Å². The first-order chi connectivity index (χ1) is 13.0. The van der Waals surface area contributed by atoms with Gasteiger partial charge in [-0.2, -0.15) is 0 Å². The van der Waals surface area contributed by atoms with Gasteiger partial charge in [-0.1, -0.05) is 96.8 Å². The number of carbonyl (C=O) groups is 1. The molecule has 0 aliphatic heterocycles. The molecule has 27 heavy (non-hydrogen) atoms. The minimum absolute atomic E-state index is 0.221. The number of aliphatic carboxylic acids is 1. The van der Waals surface area contributed by atoms with Gasteiger partial charge >= 0.3 is 5.97 Å². The summed E-state index contributed by atoms with van der Waals surface area (Å²) in [5, 5.41) is 9.91. The van der Waals surface area contributed by atoms with Crippen LogP contribution in [0.4, 0.5) is 4.39 Å². The number of hydrogen-bond donors (Lipinski definition) is 1. The minimum atomic E-state index is -0.722. The van der Waals surface area contributed by atoms with Crippen LogP contribution in [-0.4, -0.2) is 42.3 Å². The zero-order valence-electron chi connectivity index (χ0n) is 18.4. The number of carboxylic acids is 1. The topological polar surface area (TPSA) is 40.5 Å². The zero-order chi connectivity index (χ0) is 20.4. The number of alkyl halides is 1. The number of halogens is 1. The summed E-state index contributed by atoms with van der Waals surface area (Å²) in [4.78, 5) is 14.0. The van der Waals surface area contributed by atoms with Crippen molar-refractivity contribution in [1.82, 2.24) is 4.90 Å². The fraction of sp³-hybridized carbons (Fsp3) is 0.957. The van der Waals surface area contributed by atoms with Gasteiger partial charge in [0.1, 0.15) is 5.54 Å². The van der Waals surface area contributed by atoms with E-state index in [0.717, 1.165) is 57.8 Å². The third kappa shape index (κ3) is 12.4. The van der Waals surface area contributed by atoms with Gasteiger partial charge in [0.2, 0.25) is 0 Å². The van der Waals surface area contributed by atoms with E-state index in [1.807, 2.05) is 19.0 Å². The van der Waals surface area contributed by atoms with Crippen LogP contribution in [0.3, 0.4) is 0 Å². The van der Waals surface area contributed by atoms with Gasteiger partial charge in [-0.3, -0.25) is 14.1 Å². The molecule has 0 rings (SSSR count). The summed E-state index contributed by atoms with van der Waals surface area (Å²) >= 11 is 0. The largest absolute Gasteiger partial charge is 0.480 e. The number of unbranched alkanes of at least 4 members (excludes halogenated alkanes) is 13. The predicted molar refractivity (Wildman–Crippen MR) is 114 cm³/mol. The van der Waals surface area contributed by atoms with E-state index in [1.165, 1.54) is 44.9 Å². The fourth-order valence-corrected chi connectivity index (χ4v) is 3.92. The summed E-state index contributed by atoms with van der Waals surface area (Å²) in [7, 11) is 3.81. The van der Waals surface area contributed by atoms with Crippen molar-refractivity contribution in [2.24, 2.45) is 0 Å². The Balaban J connectivity index is 4.11. The highest BCUT2D eigenvalue weighted by atomic mass is 19.1. The van der Waals surface area contributed by atoms with Crippen LogP contribution in [-0.2, 0) is 4.79 Å². The second kappa shape index (κ2) is 17.5. The average molecular weight is 388 g/mol. The molecule has 0 spiro atoms. The first-order valence-corrected chi connectivity index (χ1v) is 11.5. The van der Waals surface area contributed by atoms with E-state index < -0.39 is 11.5 Å². The minimum Gasteiger partial charge on any atom is -0.480 e. The van der Waals surface area contributed by atoms with Gasteiger partial charge in [-0.05, 0) is 33.4 Å². The lowest BCUT2D eigenvalue weighted by atomic mass is 9.85. The summed E-state index contributed by atoms with van der Waals surface area (Å²) in [6.45, 7) is 2.02. The van der Waals surface area contributed by atoms with Crippen LogP contribution in [0.2, 0.25) is 0 Å². The molecule has 0 aromatic carbocycles.